The number of halogens is 2. The lowest BCUT2D eigenvalue weighted by Crippen LogP contribution is -2.54. The monoisotopic (exact) mass is 661 g/mol. The lowest BCUT2D eigenvalue weighted by molar-refractivity contribution is -0.140. The van der Waals surface area contributed by atoms with Gasteiger partial charge in [-0.1, -0.05) is 103 Å². The molecule has 4 aromatic carbocycles. The SMILES string of the molecule is Cc1cccc(CN(C(=O)CN(c2ccc(F)c(Cl)c2)S(=O)(=O)c2ccccc2)C(Cc2ccccc2)C(=O)NC2CCCC2)c1. The van der Waals surface area contributed by atoms with Gasteiger partial charge >= 0.3 is 0 Å². The molecule has 0 radical (unpaired) electrons. The van der Waals surface area contributed by atoms with Gasteiger partial charge in [-0.3, -0.25) is 13.9 Å². The van der Waals surface area contributed by atoms with E-state index in [1.165, 1.54) is 29.2 Å². The van der Waals surface area contributed by atoms with Crippen LogP contribution < -0.4 is 9.62 Å². The van der Waals surface area contributed by atoms with Crippen molar-refractivity contribution >= 4 is 39.1 Å². The molecule has 0 bridgehead atoms. The van der Waals surface area contributed by atoms with Gasteiger partial charge in [0.25, 0.3) is 10.0 Å². The summed E-state index contributed by atoms with van der Waals surface area (Å²) in [4.78, 5) is 30.0. The molecule has 7 nitrogen and oxygen atoms in total. The lowest BCUT2D eigenvalue weighted by Gasteiger charge is -2.34. The summed E-state index contributed by atoms with van der Waals surface area (Å²) < 4.78 is 43.2. The van der Waals surface area contributed by atoms with Crippen molar-refractivity contribution in [2.45, 2.75) is 62.6 Å². The summed E-state index contributed by atoms with van der Waals surface area (Å²) in [5.74, 6) is -1.61. The second-order valence-corrected chi connectivity index (χ2v) is 13.9. The maximum Gasteiger partial charge on any atom is 0.264 e. The fraction of sp³-hybridized carbons (Fsp3) is 0.278. The summed E-state index contributed by atoms with van der Waals surface area (Å²) >= 11 is 6.09. The van der Waals surface area contributed by atoms with Crippen molar-refractivity contribution in [2.24, 2.45) is 0 Å². The number of rotatable bonds is 12. The first-order chi connectivity index (χ1) is 22.1. The quantitative estimate of drug-likeness (QED) is 0.184. The fourth-order valence-corrected chi connectivity index (χ4v) is 7.42. The topological polar surface area (TPSA) is 86.8 Å². The zero-order chi connectivity index (χ0) is 32.7. The second kappa shape index (κ2) is 14.9. The normalized spacial score (nSPS) is 14.1. The predicted octanol–water partition coefficient (Wildman–Crippen LogP) is 6.68. The summed E-state index contributed by atoms with van der Waals surface area (Å²) in [6.45, 7) is 1.36. The second-order valence-electron chi connectivity index (χ2n) is 11.6. The molecule has 1 aliphatic rings. The first kappa shape index (κ1) is 33.2. The number of hydrogen-bond donors (Lipinski definition) is 1. The number of amides is 2. The van der Waals surface area contributed by atoms with Crippen molar-refractivity contribution in [3.05, 3.63) is 131 Å². The number of sulfonamides is 1. The smallest absolute Gasteiger partial charge is 0.264 e. The molecule has 0 aliphatic heterocycles. The van der Waals surface area contributed by atoms with Crippen LogP contribution in [0.15, 0.2) is 108 Å². The number of carbonyl (C=O) groups excluding carboxylic acids is 2. The van der Waals surface area contributed by atoms with E-state index in [0.717, 1.165) is 52.7 Å². The van der Waals surface area contributed by atoms with Gasteiger partial charge in [0.15, 0.2) is 0 Å². The first-order valence-corrected chi connectivity index (χ1v) is 17.2. The number of aryl methyl sites for hydroxylation is 1. The number of benzene rings is 4. The number of nitrogens with zero attached hydrogens (tertiary/aromatic N) is 2. The highest BCUT2D eigenvalue weighted by Crippen LogP contribution is 2.29. The van der Waals surface area contributed by atoms with Gasteiger partial charge in [-0.15, -0.1) is 0 Å². The van der Waals surface area contributed by atoms with Gasteiger partial charge in [0.05, 0.1) is 15.6 Å². The van der Waals surface area contributed by atoms with E-state index >= 15 is 0 Å². The highest BCUT2D eigenvalue weighted by molar-refractivity contribution is 7.92. The molecule has 46 heavy (non-hydrogen) atoms. The van der Waals surface area contributed by atoms with E-state index in [4.69, 9.17) is 11.6 Å². The van der Waals surface area contributed by atoms with Crippen LogP contribution in [0.25, 0.3) is 0 Å². The lowest BCUT2D eigenvalue weighted by atomic mass is 10.0. The molecule has 2 amide bonds. The summed E-state index contributed by atoms with van der Waals surface area (Å²) in [6, 6.07) is 27.4. The van der Waals surface area contributed by atoms with Crippen LogP contribution in [0.3, 0.4) is 0 Å². The predicted molar refractivity (Wildman–Crippen MR) is 178 cm³/mol. The van der Waals surface area contributed by atoms with Crippen LogP contribution in [0, 0.1) is 12.7 Å². The molecule has 1 N–H and O–H groups in total. The molecule has 0 aromatic heterocycles. The van der Waals surface area contributed by atoms with Crippen LogP contribution in [0.2, 0.25) is 5.02 Å². The molecule has 4 aromatic rings. The van der Waals surface area contributed by atoms with E-state index < -0.39 is 34.3 Å². The van der Waals surface area contributed by atoms with Gasteiger partial charge in [0.1, 0.15) is 18.4 Å². The summed E-state index contributed by atoms with van der Waals surface area (Å²) in [5.41, 5.74) is 2.65. The molecule has 240 valence electrons. The van der Waals surface area contributed by atoms with Gasteiger partial charge in [-0.25, -0.2) is 12.8 Å². The Labute approximate surface area is 275 Å². The fourth-order valence-electron chi connectivity index (χ4n) is 5.82. The molecule has 0 heterocycles. The number of nitrogens with one attached hydrogen (secondary N) is 1. The maximum absolute atomic E-state index is 14.6. The molecule has 1 saturated carbocycles. The molecular formula is C36H37ClFN3O4S. The highest BCUT2D eigenvalue weighted by Gasteiger charge is 2.35. The Balaban J connectivity index is 1.57. The third kappa shape index (κ3) is 8.13. The third-order valence-corrected chi connectivity index (χ3v) is 10.3. The van der Waals surface area contributed by atoms with Crippen LogP contribution >= 0.6 is 11.6 Å². The average Bonchev–Trinajstić information content (AvgIpc) is 3.56. The Morgan fingerprint density at radius 1 is 0.891 bits per heavy atom. The Bertz CT molecular complexity index is 1770. The van der Waals surface area contributed by atoms with E-state index in [1.807, 2.05) is 61.5 Å². The van der Waals surface area contributed by atoms with Crippen LogP contribution in [0.4, 0.5) is 10.1 Å². The summed E-state index contributed by atoms with van der Waals surface area (Å²) in [6.07, 6.45) is 4.00. The van der Waals surface area contributed by atoms with Gasteiger partial charge in [0, 0.05) is 19.0 Å². The van der Waals surface area contributed by atoms with E-state index in [0.29, 0.717) is 0 Å². The number of carbonyl (C=O) groups is 2. The van der Waals surface area contributed by atoms with Crippen molar-refractivity contribution in [3.63, 3.8) is 0 Å². The standard InChI is InChI=1S/C36H37ClFN3O4S/c1-26-11-10-14-28(21-26)24-40(34(22-27-12-4-2-5-13-27)36(43)39-29-15-8-9-16-29)35(42)25-41(30-19-20-33(38)32(37)23-30)46(44,45)31-17-6-3-7-18-31/h2-7,10-14,17-21,23,29,34H,8-9,15-16,22,24-25H2,1H3,(H,39,43). The van der Waals surface area contributed by atoms with E-state index in [1.54, 1.807) is 18.2 Å². The first-order valence-electron chi connectivity index (χ1n) is 15.3. The van der Waals surface area contributed by atoms with Crippen LogP contribution in [-0.4, -0.2) is 43.8 Å². The van der Waals surface area contributed by atoms with Gasteiger partial charge in [-0.2, -0.15) is 0 Å². The molecule has 1 atom stereocenters. The van der Waals surface area contributed by atoms with Crippen molar-refractivity contribution < 1.29 is 22.4 Å². The van der Waals surface area contributed by atoms with Crippen LogP contribution in [-0.2, 0) is 32.6 Å². The Kier molecular flexibility index (Phi) is 10.8. The molecule has 0 saturated heterocycles. The summed E-state index contributed by atoms with van der Waals surface area (Å²) in [7, 11) is -4.31. The Morgan fingerprint density at radius 3 is 2.20 bits per heavy atom. The molecule has 1 unspecified atom stereocenters. The van der Waals surface area contributed by atoms with Crippen molar-refractivity contribution in [2.75, 3.05) is 10.8 Å². The molecule has 10 heteroatoms. The van der Waals surface area contributed by atoms with E-state index in [2.05, 4.69) is 5.32 Å². The van der Waals surface area contributed by atoms with Crippen molar-refractivity contribution in [1.82, 2.24) is 10.2 Å². The van der Waals surface area contributed by atoms with Crippen molar-refractivity contribution in [1.29, 1.82) is 0 Å². The number of anilines is 1. The molecule has 0 spiro atoms. The van der Waals surface area contributed by atoms with E-state index in [-0.39, 0.29) is 40.5 Å². The van der Waals surface area contributed by atoms with Crippen molar-refractivity contribution in [3.8, 4) is 0 Å². The van der Waals surface area contributed by atoms with Crippen LogP contribution in [0.1, 0.15) is 42.4 Å². The minimum Gasteiger partial charge on any atom is -0.352 e. The van der Waals surface area contributed by atoms with Gasteiger partial charge in [0.2, 0.25) is 11.8 Å². The third-order valence-electron chi connectivity index (χ3n) is 8.21. The summed E-state index contributed by atoms with van der Waals surface area (Å²) in [5, 5.41) is 2.88. The largest absolute Gasteiger partial charge is 0.352 e. The molecule has 1 aliphatic carbocycles. The van der Waals surface area contributed by atoms with E-state index in [9.17, 15) is 22.4 Å². The zero-order valence-electron chi connectivity index (χ0n) is 25.6. The Morgan fingerprint density at radius 2 is 1.54 bits per heavy atom. The molecule has 1 fully saturated rings. The van der Waals surface area contributed by atoms with Gasteiger partial charge in [-0.05, 0) is 61.2 Å². The average molecular weight is 662 g/mol. The zero-order valence-corrected chi connectivity index (χ0v) is 27.2. The Hall–Kier alpha value is -4.21. The highest BCUT2D eigenvalue weighted by atomic mass is 35.5. The number of hydrogen-bond acceptors (Lipinski definition) is 4. The molecular weight excluding hydrogens is 625 g/mol. The maximum atomic E-state index is 14.6. The molecule has 5 rings (SSSR count). The minimum atomic E-state index is -4.31. The van der Waals surface area contributed by atoms with Crippen LogP contribution in [0.5, 0.6) is 0 Å². The minimum absolute atomic E-state index is 0.0120. The van der Waals surface area contributed by atoms with Gasteiger partial charge < -0.3 is 10.2 Å².